The third-order valence-corrected chi connectivity index (χ3v) is 3.00. The molecule has 0 spiro atoms. The summed E-state index contributed by atoms with van der Waals surface area (Å²) in [5, 5.41) is 2.74. The number of alkyl halides is 2. The van der Waals surface area contributed by atoms with Crippen LogP contribution in [0.3, 0.4) is 0 Å². The van der Waals surface area contributed by atoms with Crippen molar-refractivity contribution < 1.29 is 13.6 Å². The van der Waals surface area contributed by atoms with Crippen molar-refractivity contribution in [1.29, 1.82) is 0 Å². The molecule has 2 nitrogen and oxygen atoms in total. The highest BCUT2D eigenvalue weighted by molar-refractivity contribution is 5.96. The third-order valence-electron chi connectivity index (χ3n) is 3.00. The zero-order valence-electron chi connectivity index (χ0n) is 11.1. The quantitative estimate of drug-likeness (QED) is 0.875. The van der Waals surface area contributed by atoms with Gasteiger partial charge in [-0.1, -0.05) is 32.0 Å². The first-order chi connectivity index (χ1) is 8.23. The lowest BCUT2D eigenvalue weighted by molar-refractivity contribution is 0.0163. The highest BCUT2D eigenvalue weighted by Gasteiger charge is 2.29. The number of nitrogens with one attached hydrogen (secondary N) is 1. The van der Waals surface area contributed by atoms with Gasteiger partial charge in [0.2, 0.25) is 0 Å². The molecule has 0 heterocycles. The van der Waals surface area contributed by atoms with Crippen LogP contribution in [0.2, 0.25) is 0 Å². The molecule has 0 unspecified atom stereocenters. The van der Waals surface area contributed by atoms with E-state index >= 15 is 0 Å². The van der Waals surface area contributed by atoms with E-state index in [1.807, 2.05) is 20.8 Å². The fourth-order valence-electron chi connectivity index (χ4n) is 1.52. The Bertz CT molecular complexity index is 424. The second-order valence-electron chi connectivity index (χ2n) is 4.94. The first-order valence-electron chi connectivity index (χ1n) is 6.01. The molecule has 100 valence electrons. The van der Waals surface area contributed by atoms with Crippen LogP contribution < -0.4 is 5.32 Å². The molecule has 1 amide bonds. The topological polar surface area (TPSA) is 29.1 Å². The van der Waals surface area contributed by atoms with Crippen molar-refractivity contribution in [2.75, 3.05) is 0 Å². The van der Waals surface area contributed by atoms with Crippen LogP contribution in [0.4, 0.5) is 8.78 Å². The Hall–Kier alpha value is -1.45. The lowest BCUT2D eigenvalue weighted by Crippen LogP contribution is -2.37. The lowest BCUT2D eigenvalue weighted by Gasteiger charge is -2.20. The van der Waals surface area contributed by atoms with E-state index in [0.29, 0.717) is 0 Å². The predicted octanol–water partition coefficient (Wildman–Crippen LogP) is 3.57. The molecular formula is C14H19F2NO. The van der Waals surface area contributed by atoms with E-state index in [1.165, 1.54) is 18.2 Å². The average molecular weight is 255 g/mol. The highest BCUT2D eigenvalue weighted by Crippen LogP contribution is 2.29. The van der Waals surface area contributed by atoms with Gasteiger partial charge in [-0.05, 0) is 18.9 Å². The number of hydrogen-bond donors (Lipinski definition) is 1. The summed E-state index contributed by atoms with van der Waals surface area (Å²) < 4.78 is 26.8. The Balaban J connectivity index is 3.00. The van der Waals surface area contributed by atoms with Crippen LogP contribution in [-0.4, -0.2) is 11.9 Å². The van der Waals surface area contributed by atoms with Crippen molar-refractivity contribution in [1.82, 2.24) is 5.32 Å². The van der Waals surface area contributed by atoms with Crippen LogP contribution >= 0.6 is 0 Å². The van der Waals surface area contributed by atoms with E-state index in [-0.39, 0.29) is 23.1 Å². The molecule has 0 aliphatic heterocycles. The molecule has 0 aliphatic carbocycles. The fraction of sp³-hybridized carbons (Fsp3) is 0.500. The molecule has 1 aromatic rings. The van der Waals surface area contributed by atoms with Crippen molar-refractivity contribution in [3.8, 4) is 0 Å². The Morgan fingerprint density at radius 1 is 1.22 bits per heavy atom. The average Bonchev–Trinajstić information content (AvgIpc) is 2.27. The van der Waals surface area contributed by atoms with Crippen LogP contribution in [0.15, 0.2) is 24.3 Å². The van der Waals surface area contributed by atoms with Gasteiger partial charge in [-0.15, -0.1) is 0 Å². The van der Waals surface area contributed by atoms with Gasteiger partial charge in [-0.3, -0.25) is 4.79 Å². The molecular weight excluding hydrogens is 236 g/mol. The van der Waals surface area contributed by atoms with Gasteiger partial charge in [0.15, 0.2) is 0 Å². The Labute approximate surface area is 106 Å². The van der Waals surface area contributed by atoms with Crippen LogP contribution in [0.25, 0.3) is 0 Å². The first-order valence-corrected chi connectivity index (χ1v) is 6.01. The van der Waals surface area contributed by atoms with Crippen molar-refractivity contribution >= 4 is 5.91 Å². The van der Waals surface area contributed by atoms with E-state index in [1.54, 1.807) is 6.07 Å². The smallest absolute Gasteiger partial charge is 0.271 e. The maximum Gasteiger partial charge on any atom is 0.271 e. The summed E-state index contributed by atoms with van der Waals surface area (Å²) >= 11 is 0. The lowest BCUT2D eigenvalue weighted by atomic mass is 10.0. The Morgan fingerprint density at radius 2 is 1.78 bits per heavy atom. The molecule has 4 heteroatoms. The molecule has 0 saturated heterocycles. The molecule has 1 rings (SSSR count). The van der Waals surface area contributed by atoms with Crippen molar-refractivity contribution in [3.63, 3.8) is 0 Å². The van der Waals surface area contributed by atoms with E-state index in [9.17, 15) is 13.6 Å². The normalized spacial score (nSPS) is 13.5. The number of hydrogen-bond acceptors (Lipinski definition) is 1. The monoisotopic (exact) mass is 255 g/mol. The number of amides is 1. The van der Waals surface area contributed by atoms with Gasteiger partial charge in [-0.2, -0.15) is 0 Å². The standard InChI is InChI=1S/C14H19F2NO/c1-9(2)10(3)17-13(18)11-7-5-6-8-12(11)14(4,15)16/h5-10H,1-4H3,(H,17,18)/t10-/m1/s1. The summed E-state index contributed by atoms with van der Waals surface area (Å²) in [6.45, 7) is 6.58. The maximum absolute atomic E-state index is 13.4. The molecule has 0 saturated carbocycles. The number of carbonyl (C=O) groups is 1. The molecule has 0 aliphatic rings. The third kappa shape index (κ3) is 3.52. The zero-order chi connectivity index (χ0) is 13.9. The molecule has 0 radical (unpaired) electrons. The summed E-state index contributed by atoms with van der Waals surface area (Å²) in [7, 11) is 0. The zero-order valence-corrected chi connectivity index (χ0v) is 11.1. The number of benzene rings is 1. The van der Waals surface area contributed by atoms with Gasteiger partial charge in [0.25, 0.3) is 11.8 Å². The van der Waals surface area contributed by atoms with Crippen LogP contribution in [0.1, 0.15) is 43.6 Å². The van der Waals surface area contributed by atoms with Crippen molar-refractivity contribution in [2.24, 2.45) is 5.92 Å². The number of rotatable bonds is 4. The van der Waals surface area contributed by atoms with Gasteiger partial charge >= 0.3 is 0 Å². The second-order valence-corrected chi connectivity index (χ2v) is 4.94. The van der Waals surface area contributed by atoms with E-state index in [0.717, 1.165) is 6.92 Å². The number of carbonyl (C=O) groups excluding carboxylic acids is 1. The largest absolute Gasteiger partial charge is 0.349 e. The van der Waals surface area contributed by atoms with Crippen LogP contribution in [0.5, 0.6) is 0 Å². The van der Waals surface area contributed by atoms with Crippen LogP contribution in [-0.2, 0) is 5.92 Å². The highest BCUT2D eigenvalue weighted by atomic mass is 19.3. The molecule has 1 aromatic carbocycles. The van der Waals surface area contributed by atoms with Gasteiger partial charge in [0, 0.05) is 24.1 Å². The SMILES string of the molecule is CC(C)[C@@H](C)NC(=O)c1ccccc1C(C)(F)F. The Kier molecular flexibility index (Phi) is 4.43. The molecule has 0 fully saturated rings. The number of halogens is 2. The van der Waals surface area contributed by atoms with Gasteiger partial charge in [0.05, 0.1) is 0 Å². The van der Waals surface area contributed by atoms with Crippen LogP contribution in [0, 0.1) is 5.92 Å². The fourth-order valence-corrected chi connectivity index (χ4v) is 1.52. The van der Waals surface area contributed by atoms with Crippen molar-refractivity contribution in [3.05, 3.63) is 35.4 Å². The molecule has 1 atom stereocenters. The summed E-state index contributed by atoms with van der Waals surface area (Å²) in [6, 6.07) is 5.75. The predicted molar refractivity (Wildman–Crippen MR) is 67.8 cm³/mol. The maximum atomic E-state index is 13.4. The second kappa shape index (κ2) is 5.46. The molecule has 1 N–H and O–H groups in total. The minimum Gasteiger partial charge on any atom is -0.349 e. The Morgan fingerprint density at radius 3 is 2.28 bits per heavy atom. The summed E-state index contributed by atoms with van der Waals surface area (Å²) in [5.41, 5.74) is -0.198. The minimum atomic E-state index is -3.02. The van der Waals surface area contributed by atoms with Gasteiger partial charge in [0.1, 0.15) is 0 Å². The van der Waals surface area contributed by atoms with Gasteiger partial charge in [-0.25, -0.2) is 8.78 Å². The molecule has 18 heavy (non-hydrogen) atoms. The van der Waals surface area contributed by atoms with E-state index < -0.39 is 11.8 Å². The van der Waals surface area contributed by atoms with E-state index in [2.05, 4.69) is 5.32 Å². The minimum absolute atomic E-state index is 0.0394. The first kappa shape index (κ1) is 14.6. The van der Waals surface area contributed by atoms with E-state index in [4.69, 9.17) is 0 Å². The summed E-state index contributed by atoms with van der Waals surface area (Å²) in [5.74, 6) is -3.22. The van der Waals surface area contributed by atoms with Gasteiger partial charge < -0.3 is 5.32 Å². The molecule has 0 aromatic heterocycles. The van der Waals surface area contributed by atoms with Crippen molar-refractivity contribution in [2.45, 2.75) is 39.7 Å². The summed E-state index contributed by atoms with van der Waals surface area (Å²) in [4.78, 5) is 12.0. The molecule has 0 bridgehead atoms. The summed E-state index contributed by atoms with van der Waals surface area (Å²) in [6.07, 6.45) is 0.